The van der Waals surface area contributed by atoms with Crippen molar-refractivity contribution in [1.29, 1.82) is 0 Å². The lowest BCUT2D eigenvalue weighted by Gasteiger charge is -2.50. The summed E-state index contributed by atoms with van der Waals surface area (Å²) in [6, 6.07) is 14.7. The molecule has 16 heteroatoms. The number of aliphatic hydroxyl groups is 4. The third-order valence-corrected chi connectivity index (χ3v) is 26.7. The van der Waals surface area contributed by atoms with E-state index in [0.717, 1.165) is 152 Å². The van der Waals surface area contributed by atoms with Crippen molar-refractivity contribution in [3.63, 3.8) is 0 Å². The molecule has 4 fully saturated rings. The number of phenolic OH excluding ortho intramolecular Hbond substituents is 2. The minimum absolute atomic E-state index is 0.00523. The van der Waals surface area contributed by atoms with Crippen LogP contribution < -0.4 is 15.4 Å². The molecule has 4 aromatic carbocycles. The van der Waals surface area contributed by atoms with E-state index in [1.165, 1.54) is 0 Å². The number of Topliss-reactive ketones (excluding diaryl/α,β-unsaturated/α-hetero) is 2. The van der Waals surface area contributed by atoms with Crippen LogP contribution in [0.5, 0.6) is 17.2 Å². The molecule has 4 aromatic rings. The molecule has 5 aliphatic heterocycles. The number of carbonyl (C=O) groups excluding carboxylic acids is 2. The van der Waals surface area contributed by atoms with Gasteiger partial charge in [-0.2, -0.15) is 0 Å². The second-order valence-corrected chi connectivity index (χ2v) is 30.4. The van der Waals surface area contributed by atoms with Crippen LogP contribution in [0.25, 0.3) is 21.9 Å². The Labute approximate surface area is 495 Å². The third-order valence-electron chi connectivity index (χ3n) is 20.2. The van der Waals surface area contributed by atoms with E-state index in [9.17, 15) is 35.4 Å². The SMILES string of the molecule is CCCCCC1SSCC2CC3c4c(cc(CO)c5c4C(CCC(C(C)=O)N5)CC3CO)C(NC2CCC2(O)CCCCC2)OC2CC(=O)CCc3ccc(O)c(OC)c3-c3ccc4ccc(O)cc4c3CSSC13CCC2CC3O. The molecule has 81 heavy (non-hydrogen) atoms. The summed E-state index contributed by atoms with van der Waals surface area (Å²) in [5, 5.41) is 80.9. The van der Waals surface area contributed by atoms with Crippen molar-refractivity contribution in [3.8, 4) is 28.4 Å². The van der Waals surface area contributed by atoms with Gasteiger partial charge in [0, 0.05) is 59.1 Å². The number of nitrogens with one attached hydrogen (secondary N) is 2. The lowest BCUT2D eigenvalue weighted by Crippen LogP contribution is -2.53. The molecule has 12 nitrogen and oxygen atoms in total. The summed E-state index contributed by atoms with van der Waals surface area (Å²) in [6.45, 7) is 3.64. The molecule has 0 radical (unpaired) electrons. The van der Waals surface area contributed by atoms with Crippen LogP contribution in [0, 0.1) is 17.8 Å². The average Bonchev–Trinajstić information content (AvgIpc) is 3.79. The summed E-state index contributed by atoms with van der Waals surface area (Å²) in [7, 11) is 8.98. The Balaban J connectivity index is 1.09. The van der Waals surface area contributed by atoms with Gasteiger partial charge in [-0.05, 0) is 188 Å². The first-order valence-electron chi connectivity index (χ1n) is 30.5. The number of unbranched alkanes of at least 4 members (excludes halogenated alkanes) is 2. The molecule has 12 rings (SSSR count). The second kappa shape index (κ2) is 25.8. The minimum atomic E-state index is -0.761. The molecule has 8 aliphatic rings. The molecule has 2 saturated carbocycles. The quantitative estimate of drug-likeness (QED) is 0.0521. The van der Waals surface area contributed by atoms with Gasteiger partial charge < -0.3 is 45.4 Å². The molecule has 5 bridgehead atoms. The fourth-order valence-corrected chi connectivity index (χ4v) is 23.4. The molecule has 3 aliphatic carbocycles. The van der Waals surface area contributed by atoms with Crippen LogP contribution in [0.1, 0.15) is 194 Å². The predicted octanol–water partition coefficient (Wildman–Crippen LogP) is 13.3. The number of aryl methyl sites for hydroxylation is 1. The van der Waals surface area contributed by atoms with Gasteiger partial charge in [0.2, 0.25) is 0 Å². The van der Waals surface area contributed by atoms with Crippen molar-refractivity contribution < 1.29 is 49.7 Å². The first kappa shape index (κ1) is 59.6. The van der Waals surface area contributed by atoms with E-state index in [1.807, 2.05) is 56.6 Å². The number of hydrogen-bond donors (Lipinski definition) is 8. The Morgan fingerprint density at radius 3 is 2.49 bits per heavy atom. The number of ether oxygens (including phenoxy) is 2. The van der Waals surface area contributed by atoms with Gasteiger partial charge in [-0.3, -0.25) is 14.9 Å². The zero-order chi connectivity index (χ0) is 56.6. The Hall–Kier alpha value is -3.16. The van der Waals surface area contributed by atoms with Gasteiger partial charge in [0.05, 0.1) is 42.3 Å². The Bertz CT molecular complexity index is 2920. The van der Waals surface area contributed by atoms with Crippen LogP contribution in [0.2, 0.25) is 0 Å². The molecule has 0 aromatic heterocycles. The number of ketones is 2. The summed E-state index contributed by atoms with van der Waals surface area (Å²) in [4.78, 5) is 28.5. The number of aromatic hydroxyl groups is 2. The number of methoxy groups -OCH3 is 1. The smallest absolute Gasteiger partial charge is 0.168 e. The maximum Gasteiger partial charge on any atom is 0.168 e. The van der Waals surface area contributed by atoms with Crippen LogP contribution in [-0.2, 0) is 33.1 Å². The van der Waals surface area contributed by atoms with Crippen molar-refractivity contribution in [2.45, 2.75) is 219 Å². The van der Waals surface area contributed by atoms with E-state index >= 15 is 4.79 Å². The van der Waals surface area contributed by atoms with Crippen LogP contribution in [0.4, 0.5) is 5.69 Å². The molecular formula is C65H86N2O10S4. The van der Waals surface area contributed by atoms with Crippen molar-refractivity contribution in [2.24, 2.45) is 17.8 Å². The maximum absolute atomic E-state index is 15.2. The summed E-state index contributed by atoms with van der Waals surface area (Å²) in [5.41, 5.74) is 7.37. The number of rotatable bonds is 11. The Morgan fingerprint density at radius 2 is 1.73 bits per heavy atom. The number of benzene rings is 4. The number of aliphatic hydroxyl groups excluding tert-OH is 3. The highest BCUT2D eigenvalue weighted by Crippen LogP contribution is 2.60. The van der Waals surface area contributed by atoms with Crippen LogP contribution in [0.15, 0.2) is 48.5 Å². The van der Waals surface area contributed by atoms with E-state index in [1.54, 1.807) is 37.0 Å². The van der Waals surface area contributed by atoms with E-state index in [-0.39, 0.29) is 90.0 Å². The summed E-state index contributed by atoms with van der Waals surface area (Å²) in [5.74, 6) is 1.70. The van der Waals surface area contributed by atoms with Gasteiger partial charge in [0.25, 0.3) is 0 Å². The van der Waals surface area contributed by atoms with Gasteiger partial charge in [-0.25, -0.2) is 0 Å². The van der Waals surface area contributed by atoms with Crippen LogP contribution >= 0.6 is 43.2 Å². The third kappa shape index (κ3) is 12.2. The van der Waals surface area contributed by atoms with Gasteiger partial charge in [0.1, 0.15) is 17.8 Å². The summed E-state index contributed by atoms with van der Waals surface area (Å²) >= 11 is 0. The van der Waals surface area contributed by atoms with E-state index in [4.69, 9.17) is 9.47 Å². The fraction of sp³-hybridized carbons (Fsp3) is 0.631. The zero-order valence-corrected chi connectivity index (χ0v) is 50.9. The highest BCUT2D eigenvalue weighted by atomic mass is 33.1. The highest BCUT2D eigenvalue weighted by molar-refractivity contribution is 8.78. The summed E-state index contributed by atoms with van der Waals surface area (Å²) < 4.78 is 13.3. The fourth-order valence-electron chi connectivity index (χ4n) is 15.7. The topological polar surface area (TPSA) is 198 Å². The Kier molecular flexibility index (Phi) is 19.0. The normalized spacial score (nSPS) is 31.4. The van der Waals surface area contributed by atoms with Crippen LogP contribution in [-0.4, -0.2) is 102 Å². The average molecular weight is 1180 g/mol. The molecule has 0 spiro atoms. The number of fused-ring (bicyclic) bond motifs is 9. The number of phenols is 2. The first-order chi connectivity index (χ1) is 39.2. The maximum atomic E-state index is 15.2. The molecule has 8 N–H and O–H groups in total. The van der Waals surface area contributed by atoms with Gasteiger partial charge in [-0.15, -0.1) is 0 Å². The number of carbonyl (C=O) groups is 2. The second-order valence-electron chi connectivity index (χ2n) is 25.1. The van der Waals surface area contributed by atoms with E-state index in [2.05, 4.69) is 29.7 Å². The minimum Gasteiger partial charge on any atom is -0.508 e. The summed E-state index contributed by atoms with van der Waals surface area (Å²) in [6.07, 6.45) is 13.6. The van der Waals surface area contributed by atoms with Crippen molar-refractivity contribution in [1.82, 2.24) is 5.32 Å². The Morgan fingerprint density at radius 1 is 0.901 bits per heavy atom. The molecule has 440 valence electrons. The lowest BCUT2D eigenvalue weighted by atomic mass is 9.63. The number of anilines is 1. The van der Waals surface area contributed by atoms with Gasteiger partial charge >= 0.3 is 0 Å². The molecule has 0 amide bonds. The van der Waals surface area contributed by atoms with Crippen molar-refractivity contribution in [3.05, 3.63) is 81.9 Å². The van der Waals surface area contributed by atoms with Gasteiger partial charge in [-0.1, -0.05) is 113 Å². The van der Waals surface area contributed by atoms with E-state index in [0.29, 0.717) is 48.3 Å². The van der Waals surface area contributed by atoms with Crippen molar-refractivity contribution in [2.75, 3.05) is 24.8 Å². The van der Waals surface area contributed by atoms with Gasteiger partial charge in [0.15, 0.2) is 17.3 Å². The largest absolute Gasteiger partial charge is 0.508 e. The first-order valence-corrected chi connectivity index (χ1v) is 35.2. The van der Waals surface area contributed by atoms with Crippen molar-refractivity contribution >= 4 is 71.2 Å². The molecule has 12 atom stereocenters. The van der Waals surface area contributed by atoms with Crippen LogP contribution in [0.3, 0.4) is 0 Å². The van der Waals surface area contributed by atoms with E-state index < -0.39 is 34.8 Å². The number of hydrogen-bond acceptors (Lipinski definition) is 16. The highest BCUT2D eigenvalue weighted by Gasteiger charge is 2.53. The predicted molar refractivity (Wildman–Crippen MR) is 330 cm³/mol. The zero-order valence-electron chi connectivity index (χ0n) is 47.6. The standard InChI is InChI=1S/C65H86N2O10S4/c1-4-5-7-10-57-65-26-21-40(30-56(65)74)55(32-46(72)17-12-39-15-20-54(73)62(76-3)58(39)47-18-13-38-11-16-45(71)31-48(38)51(47)36-79-81-65)77-63-50-28-43(34-69)61-59-41(14-19-52(66-61)37(2)70)27-42(33-68)49(60(50)59)29-44(35-78-80-57)53(67-63)22-25-64(75)23-8-6-9-24-64/h11,13,15-16,18,20,28,31,40-42,44,49,52-53,55-57,63,66-69,71,73-75H,4-10,12,14,17,19,21-27,29-30,32-36H2,1-3H3. The monoisotopic (exact) mass is 1180 g/mol. The molecule has 5 heterocycles. The molecular weight excluding hydrogens is 1100 g/mol. The molecule has 2 saturated heterocycles. The lowest BCUT2D eigenvalue weighted by molar-refractivity contribution is -0.130. The molecule has 12 unspecified atom stereocenters.